The summed E-state index contributed by atoms with van der Waals surface area (Å²) in [4.78, 5) is 17.4. The summed E-state index contributed by atoms with van der Waals surface area (Å²) >= 11 is 0. The minimum absolute atomic E-state index is 0.264. The van der Waals surface area contributed by atoms with Crippen LogP contribution >= 0.6 is 0 Å². The smallest absolute Gasteiger partial charge is 0.314 e. The molecular weight excluding hydrogens is 154 g/mol. The molecule has 0 amide bonds. The third-order valence-electron chi connectivity index (χ3n) is 1.58. The Morgan fingerprint density at radius 3 is 3.00 bits per heavy atom. The normalized spacial score (nSPS) is 10.2. The molecule has 0 fully saturated rings. The van der Waals surface area contributed by atoms with Crippen molar-refractivity contribution in [3.8, 4) is 0 Å². The Kier molecular flexibility index (Phi) is 2.99. The van der Waals surface area contributed by atoms with Crippen molar-refractivity contribution in [2.45, 2.75) is 19.9 Å². The summed E-state index contributed by atoms with van der Waals surface area (Å²) in [6.07, 6.45) is 0.792. The molecule has 1 aromatic heterocycles. The molecule has 0 bridgehead atoms. The van der Waals surface area contributed by atoms with Gasteiger partial charge >= 0.3 is 5.69 Å². The molecule has 0 saturated carbocycles. The summed E-state index contributed by atoms with van der Waals surface area (Å²) in [5.41, 5.74) is 1.46. The van der Waals surface area contributed by atoms with E-state index in [-0.39, 0.29) is 5.69 Å². The molecule has 1 aromatic rings. The molecule has 0 unspecified atom stereocenters. The van der Waals surface area contributed by atoms with Gasteiger partial charge in [-0.25, -0.2) is 4.79 Å². The molecule has 0 aliphatic rings. The van der Waals surface area contributed by atoms with E-state index in [1.54, 1.807) is 0 Å². The fourth-order valence-electron chi connectivity index (χ4n) is 1.03. The monoisotopic (exact) mass is 167 g/mol. The maximum atomic E-state index is 11.0. The Hall–Kier alpha value is -1.16. The maximum absolute atomic E-state index is 11.0. The van der Waals surface area contributed by atoms with E-state index in [4.69, 9.17) is 0 Å². The van der Waals surface area contributed by atoms with Crippen LogP contribution in [0, 0.1) is 0 Å². The molecule has 0 spiro atoms. The summed E-state index contributed by atoms with van der Waals surface area (Å²) in [7, 11) is 1.84. The first kappa shape index (κ1) is 8.93. The van der Waals surface area contributed by atoms with Gasteiger partial charge in [0.1, 0.15) is 0 Å². The zero-order valence-corrected chi connectivity index (χ0v) is 7.35. The van der Waals surface area contributed by atoms with Crippen molar-refractivity contribution in [2.75, 3.05) is 7.05 Å². The van der Waals surface area contributed by atoms with Crippen molar-refractivity contribution in [1.82, 2.24) is 15.3 Å². The second kappa shape index (κ2) is 4.01. The standard InChI is InChI=1S/C8H13N3O/c1-3-6-4-7(5-9-2)11-8(12)10-6/h4,9H,3,5H2,1-2H3,(H,10,11,12). The summed E-state index contributed by atoms with van der Waals surface area (Å²) in [5.74, 6) is 0. The third kappa shape index (κ3) is 2.17. The van der Waals surface area contributed by atoms with Gasteiger partial charge in [-0.15, -0.1) is 0 Å². The first-order valence-electron chi connectivity index (χ1n) is 4.00. The van der Waals surface area contributed by atoms with Gasteiger partial charge in [0.15, 0.2) is 0 Å². The van der Waals surface area contributed by atoms with Crippen molar-refractivity contribution in [3.05, 3.63) is 27.9 Å². The highest BCUT2D eigenvalue weighted by Gasteiger charge is 1.96. The zero-order valence-electron chi connectivity index (χ0n) is 7.35. The minimum Gasteiger partial charge on any atom is -0.314 e. The molecule has 0 radical (unpaired) electrons. The summed E-state index contributed by atoms with van der Waals surface area (Å²) < 4.78 is 0. The average Bonchev–Trinajstić information content (AvgIpc) is 2.04. The topological polar surface area (TPSA) is 57.8 Å². The fraction of sp³-hybridized carbons (Fsp3) is 0.500. The minimum atomic E-state index is -0.264. The zero-order chi connectivity index (χ0) is 8.97. The predicted octanol–water partition coefficient (Wildman–Crippen LogP) is 0.0517. The van der Waals surface area contributed by atoms with Crippen LogP contribution < -0.4 is 11.0 Å². The van der Waals surface area contributed by atoms with E-state index >= 15 is 0 Å². The van der Waals surface area contributed by atoms with Crippen LogP contribution in [0.5, 0.6) is 0 Å². The van der Waals surface area contributed by atoms with Gasteiger partial charge in [-0.05, 0) is 19.5 Å². The quantitative estimate of drug-likeness (QED) is 0.669. The Morgan fingerprint density at radius 2 is 2.42 bits per heavy atom. The molecule has 4 nitrogen and oxygen atoms in total. The van der Waals surface area contributed by atoms with Crippen LogP contribution in [0.15, 0.2) is 10.9 Å². The van der Waals surface area contributed by atoms with Crippen LogP contribution in [-0.2, 0) is 13.0 Å². The van der Waals surface area contributed by atoms with Crippen LogP contribution in [0.1, 0.15) is 18.3 Å². The van der Waals surface area contributed by atoms with Crippen LogP contribution in [0.4, 0.5) is 0 Å². The molecule has 0 atom stereocenters. The SMILES string of the molecule is CCc1cc(CNC)[nH]c(=O)n1. The van der Waals surface area contributed by atoms with Gasteiger partial charge in [-0.3, -0.25) is 0 Å². The number of rotatable bonds is 3. The summed E-state index contributed by atoms with van der Waals surface area (Å²) in [6.45, 7) is 2.65. The van der Waals surface area contributed by atoms with Crippen LogP contribution in [0.3, 0.4) is 0 Å². The first-order chi connectivity index (χ1) is 5.76. The number of nitrogens with one attached hydrogen (secondary N) is 2. The lowest BCUT2D eigenvalue weighted by atomic mass is 10.3. The molecule has 1 heterocycles. The number of nitrogens with zero attached hydrogens (tertiary/aromatic N) is 1. The van der Waals surface area contributed by atoms with Crippen molar-refractivity contribution in [3.63, 3.8) is 0 Å². The Balaban J connectivity index is 2.98. The van der Waals surface area contributed by atoms with Gasteiger partial charge in [0.2, 0.25) is 0 Å². The fourth-order valence-corrected chi connectivity index (χ4v) is 1.03. The number of hydrogen-bond acceptors (Lipinski definition) is 3. The number of aromatic nitrogens is 2. The van der Waals surface area contributed by atoms with Crippen LogP contribution in [0.2, 0.25) is 0 Å². The van der Waals surface area contributed by atoms with E-state index in [0.717, 1.165) is 17.8 Å². The lowest BCUT2D eigenvalue weighted by Crippen LogP contribution is -2.18. The van der Waals surface area contributed by atoms with E-state index in [1.165, 1.54) is 0 Å². The molecule has 0 saturated heterocycles. The number of aromatic amines is 1. The van der Waals surface area contributed by atoms with E-state index in [1.807, 2.05) is 20.0 Å². The van der Waals surface area contributed by atoms with E-state index in [0.29, 0.717) is 6.54 Å². The second-order valence-corrected chi connectivity index (χ2v) is 2.59. The predicted molar refractivity (Wildman–Crippen MR) is 47.0 cm³/mol. The van der Waals surface area contributed by atoms with Gasteiger partial charge in [-0.2, -0.15) is 4.98 Å². The van der Waals surface area contributed by atoms with Crippen LogP contribution in [0.25, 0.3) is 0 Å². The average molecular weight is 167 g/mol. The van der Waals surface area contributed by atoms with Crippen molar-refractivity contribution in [1.29, 1.82) is 0 Å². The summed E-state index contributed by atoms with van der Waals surface area (Å²) in [5, 5.41) is 2.96. The molecular formula is C8H13N3O. The van der Waals surface area contributed by atoms with Crippen molar-refractivity contribution < 1.29 is 0 Å². The lowest BCUT2D eigenvalue weighted by Gasteiger charge is -2.00. The second-order valence-electron chi connectivity index (χ2n) is 2.59. The highest BCUT2D eigenvalue weighted by atomic mass is 16.1. The molecule has 2 N–H and O–H groups in total. The Morgan fingerprint density at radius 1 is 1.67 bits per heavy atom. The van der Waals surface area contributed by atoms with Gasteiger partial charge < -0.3 is 10.3 Å². The van der Waals surface area contributed by atoms with Gasteiger partial charge in [-0.1, -0.05) is 6.92 Å². The lowest BCUT2D eigenvalue weighted by molar-refractivity contribution is 0.770. The van der Waals surface area contributed by atoms with Gasteiger partial charge in [0.05, 0.1) is 0 Å². The van der Waals surface area contributed by atoms with Gasteiger partial charge in [0.25, 0.3) is 0 Å². The van der Waals surface area contributed by atoms with Crippen molar-refractivity contribution in [2.24, 2.45) is 0 Å². The Bertz CT molecular complexity index is 305. The van der Waals surface area contributed by atoms with Crippen molar-refractivity contribution >= 4 is 0 Å². The molecule has 0 aliphatic heterocycles. The molecule has 12 heavy (non-hydrogen) atoms. The molecule has 1 rings (SSSR count). The van der Waals surface area contributed by atoms with E-state index in [2.05, 4.69) is 15.3 Å². The third-order valence-corrected chi connectivity index (χ3v) is 1.58. The largest absolute Gasteiger partial charge is 0.345 e. The van der Waals surface area contributed by atoms with E-state index < -0.39 is 0 Å². The van der Waals surface area contributed by atoms with Crippen LogP contribution in [-0.4, -0.2) is 17.0 Å². The molecule has 4 heteroatoms. The Labute approximate surface area is 71.0 Å². The molecule has 66 valence electrons. The number of H-pyrrole nitrogens is 1. The van der Waals surface area contributed by atoms with Gasteiger partial charge in [0, 0.05) is 17.9 Å². The highest BCUT2D eigenvalue weighted by molar-refractivity contribution is 5.07. The highest BCUT2D eigenvalue weighted by Crippen LogP contribution is 1.95. The summed E-state index contributed by atoms with van der Waals surface area (Å²) in [6, 6.07) is 1.90. The molecule has 0 aromatic carbocycles. The van der Waals surface area contributed by atoms with E-state index in [9.17, 15) is 4.79 Å². The maximum Gasteiger partial charge on any atom is 0.345 e. The number of hydrogen-bond donors (Lipinski definition) is 2. The molecule has 0 aliphatic carbocycles. The first-order valence-corrected chi connectivity index (χ1v) is 4.00. The number of aryl methyl sites for hydroxylation is 1.